The molecule has 1 heterocycles. The number of benzene rings is 9. The summed E-state index contributed by atoms with van der Waals surface area (Å²) in [6, 6.07) is 74.3. The van der Waals surface area contributed by atoms with Gasteiger partial charge in [-0.3, -0.25) is 0 Å². The third kappa shape index (κ3) is 5.96. The van der Waals surface area contributed by atoms with Gasteiger partial charge in [0.05, 0.1) is 11.4 Å². The Bertz CT molecular complexity index is 3220. The number of hydrogen-bond donors (Lipinski definition) is 0. The van der Waals surface area contributed by atoms with Crippen molar-refractivity contribution in [1.29, 1.82) is 0 Å². The molecule has 9 aromatic carbocycles. The lowest BCUT2D eigenvalue weighted by Gasteiger charge is -2.23. The molecule has 59 heavy (non-hydrogen) atoms. The summed E-state index contributed by atoms with van der Waals surface area (Å²) in [5.74, 6) is 0.707. The van der Waals surface area contributed by atoms with Crippen molar-refractivity contribution in [2.75, 3.05) is 0 Å². The SMILES string of the molecule is CC1(C)c2ccc(-c3ccc(-c4cc(-c5ccc(-c6cccc(-c7ccccc7)c6)cc5)nc(-c5ccccc5)n4)c4ccccc34)cc2-c2ccc3ccccc3c21. The maximum absolute atomic E-state index is 5.26. The zero-order valence-electron chi connectivity index (χ0n) is 33.0. The minimum Gasteiger partial charge on any atom is -0.228 e. The van der Waals surface area contributed by atoms with Crippen LogP contribution in [0.2, 0.25) is 0 Å². The maximum Gasteiger partial charge on any atom is 0.160 e. The van der Waals surface area contributed by atoms with Crippen LogP contribution in [0.15, 0.2) is 206 Å². The van der Waals surface area contributed by atoms with Crippen LogP contribution < -0.4 is 0 Å². The molecule has 1 aromatic heterocycles. The Kier molecular flexibility index (Phi) is 8.20. The largest absolute Gasteiger partial charge is 0.228 e. The molecule has 0 radical (unpaired) electrons. The molecule has 1 aliphatic carbocycles. The lowest BCUT2D eigenvalue weighted by molar-refractivity contribution is 0.666. The molecule has 0 saturated heterocycles. The van der Waals surface area contributed by atoms with E-state index in [2.05, 4.69) is 202 Å². The van der Waals surface area contributed by atoms with Crippen LogP contribution >= 0.6 is 0 Å². The fourth-order valence-electron chi connectivity index (χ4n) is 9.35. The van der Waals surface area contributed by atoms with Gasteiger partial charge in [0, 0.05) is 22.1 Å². The van der Waals surface area contributed by atoms with Crippen LogP contribution in [-0.2, 0) is 5.41 Å². The summed E-state index contributed by atoms with van der Waals surface area (Å²) >= 11 is 0. The van der Waals surface area contributed by atoms with Gasteiger partial charge >= 0.3 is 0 Å². The highest BCUT2D eigenvalue weighted by Gasteiger charge is 2.37. The third-order valence-electron chi connectivity index (χ3n) is 12.3. The summed E-state index contributed by atoms with van der Waals surface area (Å²) < 4.78 is 0. The van der Waals surface area contributed by atoms with Gasteiger partial charge in [-0.05, 0) is 95.4 Å². The molecule has 0 bridgehead atoms. The highest BCUT2D eigenvalue weighted by molar-refractivity contribution is 6.06. The highest BCUT2D eigenvalue weighted by Crippen LogP contribution is 2.52. The van der Waals surface area contributed by atoms with Crippen molar-refractivity contribution in [2.45, 2.75) is 19.3 Å². The molecule has 0 unspecified atom stereocenters. The molecule has 0 atom stereocenters. The Morgan fingerprint density at radius 1 is 0.322 bits per heavy atom. The van der Waals surface area contributed by atoms with Gasteiger partial charge in [0.1, 0.15) is 0 Å². The molecule has 11 rings (SSSR count). The van der Waals surface area contributed by atoms with E-state index in [0.717, 1.165) is 39.0 Å². The normalized spacial score (nSPS) is 12.7. The van der Waals surface area contributed by atoms with E-state index >= 15 is 0 Å². The van der Waals surface area contributed by atoms with Gasteiger partial charge in [0.15, 0.2) is 5.82 Å². The molecular formula is C57H40N2. The fourth-order valence-corrected chi connectivity index (χ4v) is 9.35. The standard InChI is InChI=1S/C57H40N2/c1-57(2)52-33-29-44(35-51(52)50-30-28-39-16-9-10-21-46(39)55(50)57)45-31-32-49(48-23-12-11-22-47(45)48)54-36-53(58-56(59-54)41-17-7-4-8-18-41)40-26-24-38(25-27-40)43-20-13-19-42(34-43)37-14-5-3-6-15-37/h3-36H,1-2H3. The molecule has 2 heteroatoms. The van der Waals surface area contributed by atoms with Crippen molar-refractivity contribution >= 4 is 21.5 Å². The topological polar surface area (TPSA) is 25.8 Å². The molecule has 0 fully saturated rings. The second-order valence-corrected chi connectivity index (χ2v) is 16.2. The predicted octanol–water partition coefficient (Wildman–Crippen LogP) is 15.1. The van der Waals surface area contributed by atoms with Crippen LogP contribution in [-0.4, -0.2) is 9.97 Å². The quantitative estimate of drug-likeness (QED) is 0.169. The summed E-state index contributed by atoms with van der Waals surface area (Å²) in [5, 5.41) is 4.99. The monoisotopic (exact) mass is 752 g/mol. The second-order valence-electron chi connectivity index (χ2n) is 16.2. The Balaban J connectivity index is 1.01. The highest BCUT2D eigenvalue weighted by atomic mass is 14.9. The first-order valence-electron chi connectivity index (χ1n) is 20.4. The molecule has 0 amide bonds. The molecule has 0 saturated carbocycles. The molecular weight excluding hydrogens is 713 g/mol. The van der Waals surface area contributed by atoms with Crippen LogP contribution in [0.4, 0.5) is 0 Å². The first-order valence-corrected chi connectivity index (χ1v) is 20.4. The first kappa shape index (κ1) is 34.8. The van der Waals surface area contributed by atoms with Gasteiger partial charge in [0.2, 0.25) is 0 Å². The Hall–Kier alpha value is -7.42. The smallest absolute Gasteiger partial charge is 0.160 e. The molecule has 0 N–H and O–H groups in total. The Morgan fingerprint density at radius 2 is 0.864 bits per heavy atom. The predicted molar refractivity (Wildman–Crippen MR) is 247 cm³/mol. The summed E-state index contributed by atoms with van der Waals surface area (Å²) in [4.78, 5) is 10.4. The average molecular weight is 753 g/mol. The lowest BCUT2D eigenvalue weighted by atomic mass is 9.80. The number of hydrogen-bond acceptors (Lipinski definition) is 2. The summed E-state index contributed by atoms with van der Waals surface area (Å²) in [6.07, 6.45) is 0. The van der Waals surface area contributed by atoms with Gasteiger partial charge in [-0.15, -0.1) is 0 Å². The summed E-state index contributed by atoms with van der Waals surface area (Å²) in [5.41, 5.74) is 17.5. The number of nitrogens with zero attached hydrogens (tertiary/aromatic N) is 2. The lowest BCUT2D eigenvalue weighted by Crippen LogP contribution is -2.15. The van der Waals surface area contributed by atoms with E-state index in [1.54, 1.807) is 0 Å². The van der Waals surface area contributed by atoms with Crippen LogP contribution in [0.1, 0.15) is 25.0 Å². The summed E-state index contributed by atoms with van der Waals surface area (Å²) in [7, 11) is 0. The second kappa shape index (κ2) is 13.9. The van der Waals surface area contributed by atoms with Gasteiger partial charge in [-0.2, -0.15) is 0 Å². The molecule has 278 valence electrons. The van der Waals surface area contributed by atoms with Crippen LogP contribution in [0.25, 0.3) is 100.0 Å². The van der Waals surface area contributed by atoms with Crippen LogP contribution in [0.5, 0.6) is 0 Å². The van der Waals surface area contributed by atoms with Crippen molar-refractivity contribution in [3.63, 3.8) is 0 Å². The Morgan fingerprint density at radius 3 is 1.61 bits per heavy atom. The first-order chi connectivity index (χ1) is 29.0. The number of rotatable bonds is 6. The number of aromatic nitrogens is 2. The van der Waals surface area contributed by atoms with Crippen LogP contribution in [0.3, 0.4) is 0 Å². The molecule has 0 spiro atoms. The van der Waals surface area contributed by atoms with Crippen LogP contribution in [0, 0.1) is 0 Å². The molecule has 2 nitrogen and oxygen atoms in total. The number of fused-ring (bicyclic) bond motifs is 6. The zero-order chi connectivity index (χ0) is 39.5. The minimum atomic E-state index is -0.0923. The van der Waals surface area contributed by atoms with E-state index in [9.17, 15) is 0 Å². The van der Waals surface area contributed by atoms with Gasteiger partial charge in [-0.1, -0.05) is 202 Å². The van der Waals surface area contributed by atoms with Crippen molar-refractivity contribution in [3.8, 4) is 78.4 Å². The fraction of sp³-hybridized carbons (Fsp3) is 0.0526. The van der Waals surface area contributed by atoms with E-state index in [1.807, 2.05) is 18.2 Å². The van der Waals surface area contributed by atoms with Gasteiger partial charge < -0.3 is 0 Å². The minimum absolute atomic E-state index is 0.0923. The molecule has 0 aliphatic heterocycles. The molecule has 1 aliphatic rings. The van der Waals surface area contributed by atoms with Crippen molar-refractivity contribution in [3.05, 3.63) is 217 Å². The van der Waals surface area contributed by atoms with E-state index in [0.29, 0.717) is 5.82 Å². The van der Waals surface area contributed by atoms with Gasteiger partial charge in [-0.25, -0.2) is 9.97 Å². The third-order valence-corrected chi connectivity index (χ3v) is 12.3. The van der Waals surface area contributed by atoms with Crippen molar-refractivity contribution in [1.82, 2.24) is 9.97 Å². The van der Waals surface area contributed by atoms with Crippen molar-refractivity contribution in [2.24, 2.45) is 0 Å². The van der Waals surface area contributed by atoms with E-state index < -0.39 is 0 Å². The van der Waals surface area contributed by atoms with Crippen molar-refractivity contribution < 1.29 is 0 Å². The van der Waals surface area contributed by atoms with Gasteiger partial charge in [0.25, 0.3) is 0 Å². The van der Waals surface area contributed by atoms with E-state index in [4.69, 9.17) is 9.97 Å². The maximum atomic E-state index is 5.26. The zero-order valence-corrected chi connectivity index (χ0v) is 33.0. The Labute approximate surface area is 345 Å². The summed E-state index contributed by atoms with van der Waals surface area (Å²) in [6.45, 7) is 4.74. The van der Waals surface area contributed by atoms with E-state index in [-0.39, 0.29) is 5.41 Å². The average Bonchev–Trinajstić information content (AvgIpc) is 3.54. The van der Waals surface area contributed by atoms with E-state index in [1.165, 1.54) is 66.2 Å². The molecule has 10 aromatic rings.